The Morgan fingerprint density at radius 1 is 0.914 bits per heavy atom. The first-order valence-corrected chi connectivity index (χ1v) is 13.0. The Hall–Kier alpha value is -2.59. The number of carbonyl (C=O) groups is 2. The molecule has 2 amide bonds. The lowest BCUT2D eigenvalue weighted by molar-refractivity contribution is 0.0179. The molecule has 9 heteroatoms. The fourth-order valence-corrected chi connectivity index (χ4v) is 3.61. The first-order valence-electron chi connectivity index (χ1n) is 11.7. The zero-order valence-electron chi connectivity index (χ0n) is 20.8. The number of methoxy groups -OCH3 is 1. The molecule has 0 unspecified atom stereocenters. The Labute approximate surface area is 212 Å². The minimum Gasteiger partial charge on any atom is -0.490 e. The van der Waals surface area contributed by atoms with Crippen LogP contribution in [0.1, 0.15) is 40.5 Å². The summed E-state index contributed by atoms with van der Waals surface area (Å²) < 4.78 is 21.6. The Kier molecular flexibility index (Phi) is 13.9. The lowest BCUT2D eigenvalue weighted by atomic mass is 10.1. The molecule has 0 aromatic heterocycles. The van der Waals surface area contributed by atoms with E-state index >= 15 is 0 Å². The summed E-state index contributed by atoms with van der Waals surface area (Å²) in [5.74, 6) is -0.00885. The maximum absolute atomic E-state index is 13.1. The number of thioether (sulfide) groups is 1. The highest BCUT2D eigenvalue weighted by atomic mass is 32.2. The molecule has 0 aliphatic heterocycles. The Balaban J connectivity index is 1.95. The van der Waals surface area contributed by atoms with Gasteiger partial charge in [0.2, 0.25) is 0 Å². The third-order valence-electron chi connectivity index (χ3n) is 4.95. The number of carbonyl (C=O) groups excluding carboxylic acids is 2. The quantitative estimate of drug-likeness (QED) is 0.246. The lowest BCUT2D eigenvalue weighted by Gasteiger charge is -2.14. The van der Waals surface area contributed by atoms with Crippen LogP contribution >= 0.6 is 11.8 Å². The number of rotatable bonds is 17. The number of nitrogens with one attached hydrogen (secondary N) is 2. The summed E-state index contributed by atoms with van der Waals surface area (Å²) in [6.45, 7) is 5.38. The molecular weight excluding hydrogens is 468 g/mol. The molecule has 0 radical (unpaired) electrons. The van der Waals surface area contributed by atoms with Crippen molar-refractivity contribution in [2.45, 2.75) is 24.7 Å². The van der Waals surface area contributed by atoms with Gasteiger partial charge >= 0.3 is 0 Å². The molecule has 0 saturated heterocycles. The second-order valence-electron chi connectivity index (χ2n) is 7.54. The number of hydrogen-bond acceptors (Lipinski definition) is 7. The fraction of sp³-hybridized carbons (Fsp3) is 0.462. The Morgan fingerprint density at radius 3 is 2.34 bits per heavy atom. The van der Waals surface area contributed by atoms with Crippen molar-refractivity contribution in [1.29, 1.82) is 0 Å². The first kappa shape index (κ1) is 28.6. The maximum Gasteiger partial charge on any atom is 0.259 e. The highest BCUT2D eigenvalue weighted by molar-refractivity contribution is 7.98. The standard InChI is InChI=1S/C26H36N2O6S/c1-4-5-12-27-25(29)20-10-11-24(35-3)22(19-20)28-26(30)21-8-6-7-9-23(21)34-18-17-33-16-15-32-14-13-31-2/h6-11,19H,4-5,12-18H2,1-3H3,(H,27,29)(H,28,30). The molecule has 0 heterocycles. The molecule has 0 atom stereocenters. The molecule has 2 rings (SSSR count). The van der Waals surface area contributed by atoms with E-state index in [1.165, 1.54) is 11.8 Å². The molecule has 2 aromatic carbocycles. The molecule has 0 aliphatic rings. The summed E-state index contributed by atoms with van der Waals surface area (Å²) in [5, 5.41) is 5.84. The van der Waals surface area contributed by atoms with Crippen LogP contribution in [-0.4, -0.2) is 71.4 Å². The van der Waals surface area contributed by atoms with Crippen molar-refractivity contribution in [2.24, 2.45) is 0 Å². The molecule has 0 aliphatic carbocycles. The van der Waals surface area contributed by atoms with Crippen molar-refractivity contribution >= 4 is 29.3 Å². The van der Waals surface area contributed by atoms with Gasteiger partial charge in [-0.15, -0.1) is 11.8 Å². The highest BCUT2D eigenvalue weighted by Gasteiger charge is 2.16. The van der Waals surface area contributed by atoms with Gasteiger partial charge in [0.25, 0.3) is 11.8 Å². The van der Waals surface area contributed by atoms with Gasteiger partial charge in [0.05, 0.1) is 44.3 Å². The van der Waals surface area contributed by atoms with Gasteiger partial charge in [-0.25, -0.2) is 0 Å². The van der Waals surface area contributed by atoms with Gasteiger partial charge in [-0.3, -0.25) is 9.59 Å². The van der Waals surface area contributed by atoms with E-state index in [0.717, 1.165) is 17.7 Å². The topological polar surface area (TPSA) is 95.1 Å². The van der Waals surface area contributed by atoms with Gasteiger partial charge < -0.3 is 29.6 Å². The molecular formula is C26H36N2O6S. The van der Waals surface area contributed by atoms with E-state index < -0.39 is 0 Å². The van der Waals surface area contributed by atoms with Crippen LogP contribution < -0.4 is 15.4 Å². The van der Waals surface area contributed by atoms with E-state index in [9.17, 15) is 9.59 Å². The normalized spacial score (nSPS) is 10.7. The van der Waals surface area contributed by atoms with E-state index in [2.05, 4.69) is 17.6 Å². The SMILES string of the molecule is CCCCNC(=O)c1ccc(SC)c(NC(=O)c2ccccc2OCCOCCOCCOC)c1. The number of anilines is 1. The van der Waals surface area contributed by atoms with Crippen molar-refractivity contribution in [2.75, 3.05) is 64.9 Å². The number of para-hydroxylation sites is 1. The zero-order valence-corrected chi connectivity index (χ0v) is 21.6. The van der Waals surface area contributed by atoms with E-state index in [4.69, 9.17) is 18.9 Å². The summed E-state index contributed by atoms with van der Waals surface area (Å²) in [6, 6.07) is 12.4. The number of amides is 2. The highest BCUT2D eigenvalue weighted by Crippen LogP contribution is 2.28. The smallest absolute Gasteiger partial charge is 0.259 e. The molecule has 2 aromatic rings. The van der Waals surface area contributed by atoms with E-state index in [1.54, 1.807) is 37.4 Å². The molecule has 0 saturated carbocycles. The van der Waals surface area contributed by atoms with E-state index in [0.29, 0.717) is 68.7 Å². The predicted octanol–water partition coefficient (Wildman–Crippen LogP) is 4.25. The summed E-state index contributed by atoms with van der Waals surface area (Å²) in [4.78, 5) is 26.4. The third-order valence-corrected chi connectivity index (χ3v) is 5.74. The minimum absolute atomic E-state index is 0.158. The van der Waals surface area contributed by atoms with Crippen molar-refractivity contribution in [3.63, 3.8) is 0 Å². The second-order valence-corrected chi connectivity index (χ2v) is 8.39. The summed E-state index contributed by atoms with van der Waals surface area (Å²) >= 11 is 1.49. The van der Waals surface area contributed by atoms with Crippen LogP contribution in [0.5, 0.6) is 5.75 Å². The average molecular weight is 505 g/mol. The van der Waals surface area contributed by atoms with Gasteiger partial charge in [-0.2, -0.15) is 0 Å². The minimum atomic E-state index is -0.313. The second kappa shape index (κ2) is 16.9. The van der Waals surface area contributed by atoms with Crippen LogP contribution in [0.15, 0.2) is 47.4 Å². The molecule has 8 nitrogen and oxygen atoms in total. The maximum atomic E-state index is 13.1. The zero-order chi connectivity index (χ0) is 25.3. The molecule has 0 bridgehead atoms. The molecule has 0 fully saturated rings. The first-order chi connectivity index (χ1) is 17.1. The lowest BCUT2D eigenvalue weighted by Crippen LogP contribution is -2.24. The molecule has 0 spiro atoms. The molecule has 192 valence electrons. The van der Waals surface area contributed by atoms with Crippen LogP contribution in [0, 0.1) is 0 Å². The predicted molar refractivity (Wildman–Crippen MR) is 139 cm³/mol. The third kappa shape index (κ3) is 10.3. The van der Waals surface area contributed by atoms with Gasteiger partial charge in [0.15, 0.2) is 0 Å². The monoisotopic (exact) mass is 504 g/mol. The van der Waals surface area contributed by atoms with Crippen LogP contribution in [0.25, 0.3) is 0 Å². The summed E-state index contributed by atoms with van der Waals surface area (Å²) in [7, 11) is 1.63. The van der Waals surface area contributed by atoms with Crippen LogP contribution in [0.2, 0.25) is 0 Å². The van der Waals surface area contributed by atoms with Gasteiger partial charge in [-0.05, 0) is 43.0 Å². The Morgan fingerprint density at radius 2 is 1.63 bits per heavy atom. The number of unbranched alkanes of at least 4 members (excludes halogenated alkanes) is 1. The number of benzene rings is 2. The number of hydrogen-bond donors (Lipinski definition) is 2. The Bertz CT molecular complexity index is 924. The molecule has 35 heavy (non-hydrogen) atoms. The largest absolute Gasteiger partial charge is 0.490 e. The number of ether oxygens (including phenoxy) is 4. The van der Waals surface area contributed by atoms with Crippen LogP contribution in [0.4, 0.5) is 5.69 Å². The van der Waals surface area contributed by atoms with Gasteiger partial charge in [0.1, 0.15) is 12.4 Å². The van der Waals surface area contributed by atoms with E-state index in [1.807, 2.05) is 18.4 Å². The fourth-order valence-electron chi connectivity index (χ4n) is 3.07. The van der Waals surface area contributed by atoms with Crippen molar-refractivity contribution in [3.8, 4) is 5.75 Å². The van der Waals surface area contributed by atoms with Crippen LogP contribution in [0.3, 0.4) is 0 Å². The van der Waals surface area contributed by atoms with Gasteiger partial charge in [0, 0.05) is 24.1 Å². The average Bonchev–Trinajstić information content (AvgIpc) is 2.88. The molecule has 2 N–H and O–H groups in total. The van der Waals surface area contributed by atoms with Crippen LogP contribution in [-0.2, 0) is 14.2 Å². The summed E-state index contributed by atoms with van der Waals surface area (Å²) in [5.41, 5.74) is 1.49. The van der Waals surface area contributed by atoms with Gasteiger partial charge in [-0.1, -0.05) is 25.5 Å². The van der Waals surface area contributed by atoms with Crippen molar-refractivity contribution < 1.29 is 28.5 Å². The van der Waals surface area contributed by atoms with Crippen molar-refractivity contribution in [1.82, 2.24) is 5.32 Å². The van der Waals surface area contributed by atoms with E-state index in [-0.39, 0.29) is 11.8 Å². The van der Waals surface area contributed by atoms with Crippen molar-refractivity contribution in [3.05, 3.63) is 53.6 Å². The summed E-state index contributed by atoms with van der Waals surface area (Å²) in [6.07, 6.45) is 3.85.